The molecular weight excluding hydrogens is 376 g/mol. The summed E-state index contributed by atoms with van der Waals surface area (Å²) in [6.45, 7) is 7.81. The largest absolute Gasteiger partial charge is 0.466 e. The van der Waals surface area contributed by atoms with Crippen LogP contribution in [-0.2, 0) is 23.8 Å². The fourth-order valence-electron chi connectivity index (χ4n) is 3.34. The average molecular weight is 404 g/mol. The van der Waals surface area contributed by atoms with Gasteiger partial charge in [0.1, 0.15) is 0 Å². The summed E-state index contributed by atoms with van der Waals surface area (Å²) >= 11 is 0. The smallest absolute Gasteiger partial charge is 0.413 e. The van der Waals surface area contributed by atoms with Crippen molar-refractivity contribution in [2.45, 2.75) is 27.7 Å². The van der Waals surface area contributed by atoms with Gasteiger partial charge in [-0.25, -0.2) is 14.4 Å². The molecule has 0 aliphatic carbocycles. The van der Waals surface area contributed by atoms with Crippen molar-refractivity contribution in [1.29, 1.82) is 0 Å². The van der Waals surface area contributed by atoms with E-state index in [4.69, 9.17) is 14.2 Å². The van der Waals surface area contributed by atoms with Crippen LogP contribution in [0.15, 0.2) is 46.5 Å². The number of amides is 1. The summed E-state index contributed by atoms with van der Waals surface area (Å²) in [5.74, 6) is -1.61. The van der Waals surface area contributed by atoms with Gasteiger partial charge in [-0.15, -0.1) is 0 Å². The summed E-state index contributed by atoms with van der Waals surface area (Å²) in [7, 11) is 2.58. The van der Waals surface area contributed by atoms with Crippen molar-refractivity contribution in [3.8, 4) is 0 Å². The van der Waals surface area contributed by atoms with Crippen molar-refractivity contribution in [2.24, 2.45) is 11.8 Å². The minimum Gasteiger partial charge on any atom is -0.466 e. The quantitative estimate of drug-likeness (QED) is 0.556. The van der Waals surface area contributed by atoms with E-state index in [0.717, 1.165) is 0 Å². The number of carbonyl (C=O) groups excluding carboxylic acids is 3. The number of nitrogens with zero attached hydrogens (tertiary/aromatic N) is 1. The van der Waals surface area contributed by atoms with Crippen LogP contribution in [0.1, 0.15) is 27.7 Å². The van der Waals surface area contributed by atoms with Crippen LogP contribution in [0.3, 0.4) is 0 Å². The van der Waals surface area contributed by atoms with Crippen molar-refractivity contribution < 1.29 is 28.6 Å². The van der Waals surface area contributed by atoms with Crippen LogP contribution in [0.4, 0.5) is 4.79 Å². The zero-order chi connectivity index (χ0) is 21.7. The Labute approximate surface area is 170 Å². The third-order valence-electron chi connectivity index (χ3n) is 4.64. The molecule has 8 heteroatoms. The zero-order valence-corrected chi connectivity index (χ0v) is 17.7. The standard InChI is InChI=1S/C21H28N2O6/c1-12(2)11-29-20(25)17-14(4)22-13(3)16(19(24)27-5)18(17)15-8-7-9-23(10-15)21(26)28-6/h7-9,12,18,22H,10-11H2,1-6H3. The van der Waals surface area contributed by atoms with E-state index in [1.54, 1.807) is 32.2 Å². The number of hydrogen-bond acceptors (Lipinski definition) is 7. The Kier molecular flexibility index (Phi) is 7.25. The minimum atomic E-state index is -0.708. The number of methoxy groups -OCH3 is 2. The van der Waals surface area contributed by atoms with E-state index in [1.807, 2.05) is 13.8 Å². The SMILES string of the molecule is COC(=O)C1=C(C)NC(C)=C(C(=O)OCC(C)C)C1C1=CC=CN(C(=O)OC)C1. The molecule has 0 aromatic heterocycles. The molecule has 158 valence electrons. The van der Waals surface area contributed by atoms with Gasteiger partial charge >= 0.3 is 18.0 Å². The van der Waals surface area contributed by atoms with Crippen molar-refractivity contribution in [2.75, 3.05) is 27.4 Å². The van der Waals surface area contributed by atoms with Gasteiger partial charge in [-0.2, -0.15) is 0 Å². The number of ether oxygens (including phenoxy) is 3. The van der Waals surface area contributed by atoms with E-state index in [-0.39, 0.29) is 19.1 Å². The van der Waals surface area contributed by atoms with E-state index < -0.39 is 23.9 Å². The Morgan fingerprint density at radius 1 is 1.10 bits per heavy atom. The Hall–Kier alpha value is -3.03. The van der Waals surface area contributed by atoms with Gasteiger partial charge in [0.15, 0.2) is 0 Å². The summed E-state index contributed by atoms with van der Waals surface area (Å²) in [4.78, 5) is 38.9. The highest BCUT2D eigenvalue weighted by Gasteiger charge is 2.39. The average Bonchev–Trinajstić information content (AvgIpc) is 2.70. The molecule has 1 atom stereocenters. The molecule has 0 bridgehead atoms. The zero-order valence-electron chi connectivity index (χ0n) is 17.7. The molecule has 0 radical (unpaired) electrons. The molecule has 0 aromatic carbocycles. The number of carbonyl (C=O) groups is 3. The monoisotopic (exact) mass is 404 g/mol. The van der Waals surface area contributed by atoms with Crippen molar-refractivity contribution in [3.05, 3.63) is 46.5 Å². The Morgan fingerprint density at radius 3 is 2.28 bits per heavy atom. The van der Waals surface area contributed by atoms with Crippen LogP contribution < -0.4 is 5.32 Å². The second kappa shape index (κ2) is 9.45. The summed E-state index contributed by atoms with van der Waals surface area (Å²) in [5.41, 5.74) is 2.48. The van der Waals surface area contributed by atoms with Crippen LogP contribution in [0.5, 0.6) is 0 Å². The van der Waals surface area contributed by atoms with Crippen LogP contribution >= 0.6 is 0 Å². The molecule has 2 rings (SSSR count). The maximum atomic E-state index is 13.0. The van der Waals surface area contributed by atoms with Crippen LogP contribution in [0.25, 0.3) is 0 Å². The summed E-state index contributed by atoms with van der Waals surface area (Å²) in [5, 5.41) is 3.08. The van der Waals surface area contributed by atoms with Gasteiger partial charge in [0, 0.05) is 23.5 Å². The van der Waals surface area contributed by atoms with Crippen molar-refractivity contribution in [1.82, 2.24) is 10.2 Å². The van der Waals surface area contributed by atoms with E-state index in [2.05, 4.69) is 5.32 Å². The number of nitrogens with one attached hydrogen (secondary N) is 1. The number of esters is 2. The Bertz CT molecular complexity index is 819. The lowest BCUT2D eigenvalue weighted by Gasteiger charge is -2.33. The van der Waals surface area contributed by atoms with Gasteiger partial charge in [0.05, 0.1) is 38.5 Å². The molecule has 2 aliphatic rings. The van der Waals surface area contributed by atoms with E-state index in [1.165, 1.54) is 19.1 Å². The van der Waals surface area contributed by atoms with E-state index in [9.17, 15) is 14.4 Å². The van der Waals surface area contributed by atoms with Gasteiger partial charge in [-0.05, 0) is 31.4 Å². The van der Waals surface area contributed by atoms with Crippen molar-refractivity contribution >= 4 is 18.0 Å². The highest BCUT2D eigenvalue weighted by molar-refractivity contribution is 5.99. The highest BCUT2D eigenvalue weighted by Crippen LogP contribution is 2.37. The molecule has 0 aromatic rings. The van der Waals surface area contributed by atoms with Crippen LogP contribution in [0.2, 0.25) is 0 Å². The molecule has 8 nitrogen and oxygen atoms in total. The highest BCUT2D eigenvalue weighted by atomic mass is 16.5. The summed E-state index contributed by atoms with van der Waals surface area (Å²) in [6.07, 6.45) is 4.51. The summed E-state index contributed by atoms with van der Waals surface area (Å²) < 4.78 is 15.2. The summed E-state index contributed by atoms with van der Waals surface area (Å²) in [6, 6.07) is 0. The molecule has 0 spiro atoms. The van der Waals surface area contributed by atoms with Gasteiger partial charge in [0.2, 0.25) is 0 Å². The first-order valence-electron chi connectivity index (χ1n) is 9.37. The lowest BCUT2D eigenvalue weighted by Crippen LogP contribution is -2.38. The molecule has 0 saturated carbocycles. The molecular formula is C21H28N2O6. The van der Waals surface area contributed by atoms with Gasteiger partial charge in [-0.1, -0.05) is 19.9 Å². The normalized spacial score (nSPS) is 19.1. The minimum absolute atomic E-state index is 0.163. The number of dihydropyridines is 1. The van der Waals surface area contributed by atoms with Crippen molar-refractivity contribution in [3.63, 3.8) is 0 Å². The topological polar surface area (TPSA) is 94.2 Å². The van der Waals surface area contributed by atoms with Gasteiger partial charge in [-0.3, -0.25) is 4.90 Å². The fourth-order valence-corrected chi connectivity index (χ4v) is 3.34. The molecule has 0 fully saturated rings. The van der Waals surface area contributed by atoms with E-state index in [0.29, 0.717) is 28.1 Å². The Balaban J connectivity index is 2.51. The first kappa shape index (κ1) is 22.3. The number of rotatable bonds is 5. The molecule has 0 saturated heterocycles. The molecule has 2 aliphatic heterocycles. The van der Waals surface area contributed by atoms with Crippen LogP contribution in [-0.4, -0.2) is 50.3 Å². The first-order valence-corrected chi connectivity index (χ1v) is 9.37. The maximum absolute atomic E-state index is 13.0. The number of allylic oxidation sites excluding steroid dienone is 4. The molecule has 1 N–H and O–H groups in total. The maximum Gasteiger partial charge on any atom is 0.413 e. The lowest BCUT2D eigenvalue weighted by molar-refractivity contribution is -0.140. The first-order chi connectivity index (χ1) is 13.7. The molecule has 29 heavy (non-hydrogen) atoms. The lowest BCUT2D eigenvalue weighted by atomic mass is 9.79. The van der Waals surface area contributed by atoms with Gasteiger partial charge < -0.3 is 19.5 Å². The predicted octanol–water partition coefficient (Wildman–Crippen LogP) is 2.65. The Morgan fingerprint density at radius 2 is 1.72 bits per heavy atom. The molecule has 1 amide bonds. The third-order valence-corrected chi connectivity index (χ3v) is 4.64. The van der Waals surface area contributed by atoms with E-state index >= 15 is 0 Å². The number of hydrogen-bond donors (Lipinski definition) is 1. The predicted molar refractivity (Wildman–Crippen MR) is 106 cm³/mol. The fraction of sp³-hybridized carbons (Fsp3) is 0.476. The van der Waals surface area contributed by atoms with Gasteiger partial charge in [0.25, 0.3) is 0 Å². The third kappa shape index (κ3) is 4.88. The molecule has 1 unspecified atom stereocenters. The second-order valence-corrected chi connectivity index (χ2v) is 7.30. The van der Waals surface area contributed by atoms with Crippen LogP contribution in [0, 0.1) is 11.8 Å². The molecule has 2 heterocycles. The second-order valence-electron chi connectivity index (χ2n) is 7.30.